The number of hydrogen-bond donors (Lipinski definition) is 0. The van der Waals surface area contributed by atoms with Gasteiger partial charge in [-0.05, 0) is 49.3 Å². The van der Waals surface area contributed by atoms with Crippen LogP contribution < -0.4 is 0 Å². The van der Waals surface area contributed by atoms with Crippen molar-refractivity contribution in [3.05, 3.63) is 40.0 Å². The van der Waals surface area contributed by atoms with E-state index in [4.69, 9.17) is 0 Å². The first kappa shape index (κ1) is 10.5. The van der Waals surface area contributed by atoms with Crippen LogP contribution in [0.1, 0.15) is 48.9 Å². The van der Waals surface area contributed by atoms with Gasteiger partial charge in [-0.1, -0.05) is 43.2 Å². The lowest BCUT2D eigenvalue weighted by atomic mass is 9.76. The molecule has 1 aromatic carbocycles. The van der Waals surface area contributed by atoms with Crippen molar-refractivity contribution in [1.82, 2.24) is 0 Å². The molecule has 2 rings (SSSR count). The summed E-state index contributed by atoms with van der Waals surface area (Å²) in [6.45, 7) is 11.3. The lowest BCUT2D eigenvalue weighted by Gasteiger charge is -2.29. The molecule has 0 aromatic heterocycles. The van der Waals surface area contributed by atoms with Crippen LogP contribution in [0, 0.1) is 19.8 Å². The summed E-state index contributed by atoms with van der Waals surface area (Å²) in [4.78, 5) is 0. The van der Waals surface area contributed by atoms with Crippen molar-refractivity contribution in [2.45, 2.75) is 40.5 Å². The smallest absolute Gasteiger partial charge is 0.0121 e. The Morgan fingerprint density at radius 2 is 1.60 bits per heavy atom. The average molecular weight is 200 g/mol. The van der Waals surface area contributed by atoms with Gasteiger partial charge in [0.2, 0.25) is 0 Å². The minimum absolute atomic E-state index is 0.656. The van der Waals surface area contributed by atoms with E-state index in [0.717, 1.165) is 0 Å². The Morgan fingerprint density at radius 1 is 0.933 bits per heavy atom. The second-order valence-corrected chi connectivity index (χ2v) is 5.05. The van der Waals surface area contributed by atoms with Crippen molar-refractivity contribution in [2.24, 2.45) is 5.92 Å². The third-order valence-electron chi connectivity index (χ3n) is 3.89. The van der Waals surface area contributed by atoms with Crippen molar-refractivity contribution in [3.8, 4) is 0 Å². The summed E-state index contributed by atoms with van der Waals surface area (Å²) in [5.74, 6) is 1.34. The average Bonchev–Trinajstić information content (AvgIpc) is 2.17. The first-order chi connectivity index (χ1) is 7.00. The Balaban J connectivity index is 2.67. The van der Waals surface area contributed by atoms with Gasteiger partial charge in [0.15, 0.2) is 0 Å². The van der Waals surface area contributed by atoms with E-state index in [9.17, 15) is 0 Å². The van der Waals surface area contributed by atoms with E-state index in [0.29, 0.717) is 11.8 Å². The molecule has 0 saturated heterocycles. The molecule has 15 heavy (non-hydrogen) atoms. The van der Waals surface area contributed by atoms with Gasteiger partial charge in [-0.25, -0.2) is 0 Å². The summed E-state index contributed by atoms with van der Waals surface area (Å²) in [5, 5.41) is 0. The predicted molar refractivity (Wildman–Crippen MR) is 67.1 cm³/mol. The van der Waals surface area contributed by atoms with Crippen LogP contribution in [0.2, 0.25) is 0 Å². The van der Waals surface area contributed by atoms with Crippen LogP contribution in [-0.2, 0) is 0 Å². The molecule has 80 valence electrons. The maximum absolute atomic E-state index is 2.37. The fraction of sp³-hybridized carbons (Fsp3) is 0.467. The molecule has 0 spiro atoms. The van der Waals surface area contributed by atoms with Crippen LogP contribution >= 0.6 is 0 Å². The largest absolute Gasteiger partial charge is 0.0693 e. The molecule has 0 heteroatoms. The first-order valence-corrected chi connectivity index (χ1v) is 5.80. The molecule has 2 unspecified atom stereocenters. The Bertz CT molecular complexity index is 424. The summed E-state index contributed by atoms with van der Waals surface area (Å²) >= 11 is 0. The van der Waals surface area contributed by atoms with Gasteiger partial charge in [0.05, 0.1) is 0 Å². The second-order valence-electron chi connectivity index (χ2n) is 5.05. The van der Waals surface area contributed by atoms with E-state index in [2.05, 4.69) is 52.8 Å². The van der Waals surface area contributed by atoms with Gasteiger partial charge < -0.3 is 0 Å². The van der Waals surface area contributed by atoms with Gasteiger partial charge in [0.1, 0.15) is 0 Å². The zero-order chi connectivity index (χ0) is 11.2. The lowest BCUT2D eigenvalue weighted by molar-refractivity contribution is 0.554. The molecule has 0 heterocycles. The fourth-order valence-electron chi connectivity index (χ4n) is 2.61. The molecular formula is C15H20. The number of benzene rings is 1. The summed E-state index contributed by atoms with van der Waals surface area (Å²) < 4.78 is 0. The molecule has 0 saturated carbocycles. The third kappa shape index (κ3) is 1.62. The van der Waals surface area contributed by atoms with E-state index in [1.165, 1.54) is 27.8 Å². The van der Waals surface area contributed by atoms with Crippen LogP contribution in [0.15, 0.2) is 17.7 Å². The predicted octanol–water partition coefficient (Wildman–Crippen LogP) is 4.46. The number of hydrogen-bond acceptors (Lipinski definition) is 0. The van der Waals surface area contributed by atoms with Crippen molar-refractivity contribution in [2.75, 3.05) is 0 Å². The monoisotopic (exact) mass is 200 g/mol. The van der Waals surface area contributed by atoms with E-state index >= 15 is 0 Å². The lowest BCUT2D eigenvalue weighted by Crippen LogP contribution is -2.14. The van der Waals surface area contributed by atoms with Crippen molar-refractivity contribution < 1.29 is 0 Å². The molecular weight excluding hydrogens is 180 g/mol. The highest BCUT2D eigenvalue weighted by Gasteiger charge is 2.23. The Kier molecular flexibility index (Phi) is 2.46. The maximum atomic E-state index is 2.37. The molecule has 2 atom stereocenters. The molecule has 0 bridgehead atoms. The van der Waals surface area contributed by atoms with Crippen LogP contribution in [0.4, 0.5) is 0 Å². The maximum Gasteiger partial charge on any atom is -0.0121 e. The van der Waals surface area contributed by atoms with E-state index in [1.54, 1.807) is 0 Å². The summed E-state index contributed by atoms with van der Waals surface area (Å²) in [5.41, 5.74) is 7.32. The van der Waals surface area contributed by atoms with Crippen LogP contribution in [0.5, 0.6) is 0 Å². The summed E-state index contributed by atoms with van der Waals surface area (Å²) in [6, 6.07) is 4.64. The molecule has 0 fully saturated rings. The van der Waals surface area contributed by atoms with Crippen LogP contribution in [0.25, 0.3) is 6.08 Å². The highest BCUT2D eigenvalue weighted by atomic mass is 14.3. The SMILES string of the molecule is CC1=Cc2c(C)cc(C)cc2C(C)C1C. The molecule has 1 aromatic rings. The first-order valence-electron chi connectivity index (χ1n) is 5.80. The second kappa shape index (κ2) is 3.52. The van der Waals surface area contributed by atoms with Gasteiger partial charge in [-0.3, -0.25) is 0 Å². The number of rotatable bonds is 0. The quantitative estimate of drug-likeness (QED) is 0.580. The summed E-state index contributed by atoms with van der Waals surface area (Å²) in [6.07, 6.45) is 2.37. The van der Waals surface area contributed by atoms with Gasteiger partial charge >= 0.3 is 0 Å². The topological polar surface area (TPSA) is 0 Å². The third-order valence-corrected chi connectivity index (χ3v) is 3.89. The minimum atomic E-state index is 0.656. The molecule has 1 aliphatic carbocycles. The zero-order valence-corrected chi connectivity index (χ0v) is 10.4. The van der Waals surface area contributed by atoms with Crippen molar-refractivity contribution >= 4 is 6.08 Å². The highest BCUT2D eigenvalue weighted by molar-refractivity contribution is 5.65. The molecule has 1 aliphatic rings. The number of fused-ring (bicyclic) bond motifs is 1. The van der Waals surface area contributed by atoms with Gasteiger partial charge in [-0.15, -0.1) is 0 Å². The van der Waals surface area contributed by atoms with Crippen LogP contribution in [-0.4, -0.2) is 0 Å². The Hall–Kier alpha value is -1.04. The molecule has 0 aliphatic heterocycles. The molecule has 0 nitrogen and oxygen atoms in total. The molecule has 0 N–H and O–H groups in total. The minimum Gasteiger partial charge on any atom is -0.0693 e. The van der Waals surface area contributed by atoms with Gasteiger partial charge in [-0.2, -0.15) is 0 Å². The van der Waals surface area contributed by atoms with Gasteiger partial charge in [0.25, 0.3) is 0 Å². The van der Waals surface area contributed by atoms with E-state index in [-0.39, 0.29) is 0 Å². The Labute approximate surface area is 93.0 Å². The zero-order valence-electron chi connectivity index (χ0n) is 10.4. The standard InChI is InChI=1S/C15H20/c1-9-6-11(3)14-8-10(2)12(4)13(5)15(14)7-9/h6-8,12-13H,1-5H3. The van der Waals surface area contributed by atoms with Crippen molar-refractivity contribution in [3.63, 3.8) is 0 Å². The van der Waals surface area contributed by atoms with E-state index in [1.807, 2.05) is 0 Å². The Morgan fingerprint density at radius 3 is 2.27 bits per heavy atom. The number of aryl methyl sites for hydroxylation is 2. The van der Waals surface area contributed by atoms with E-state index < -0.39 is 0 Å². The van der Waals surface area contributed by atoms with Crippen LogP contribution in [0.3, 0.4) is 0 Å². The normalized spacial score (nSPS) is 24.7. The summed E-state index contributed by atoms with van der Waals surface area (Å²) in [7, 11) is 0. The number of allylic oxidation sites excluding steroid dienone is 1. The molecule has 0 radical (unpaired) electrons. The van der Waals surface area contributed by atoms with Gasteiger partial charge in [0, 0.05) is 0 Å². The van der Waals surface area contributed by atoms with Crippen molar-refractivity contribution in [1.29, 1.82) is 0 Å². The molecule has 0 amide bonds. The fourth-order valence-corrected chi connectivity index (χ4v) is 2.61. The highest BCUT2D eigenvalue weighted by Crippen LogP contribution is 2.39.